The lowest BCUT2D eigenvalue weighted by atomic mass is 9.97. The second kappa shape index (κ2) is 6.47. The van der Waals surface area contributed by atoms with E-state index in [0.29, 0.717) is 17.2 Å². The Labute approximate surface area is 154 Å². The lowest BCUT2D eigenvalue weighted by Crippen LogP contribution is -2.68. The van der Waals surface area contributed by atoms with Crippen molar-refractivity contribution >= 4 is 29.6 Å². The Kier molecular flexibility index (Phi) is 4.61. The number of tetrazole rings is 1. The van der Waals surface area contributed by atoms with Crippen molar-refractivity contribution in [1.82, 2.24) is 25.1 Å². The number of nitrogens with two attached hydrogens (primary N) is 1. The molecule has 0 aromatic carbocycles. The van der Waals surface area contributed by atoms with Crippen molar-refractivity contribution in [2.45, 2.75) is 45.7 Å². The molecule has 1 saturated heterocycles. The number of fused-ring (bicyclic) bond motifs is 1. The lowest BCUT2D eigenvalue weighted by Gasteiger charge is -2.48. The molecule has 26 heavy (non-hydrogen) atoms. The smallest absolute Gasteiger partial charge is 0.362 e. The summed E-state index contributed by atoms with van der Waals surface area (Å²) < 4.78 is 5.02. The van der Waals surface area contributed by atoms with Gasteiger partial charge in [-0.05, 0) is 38.5 Å². The zero-order valence-corrected chi connectivity index (χ0v) is 15.7. The van der Waals surface area contributed by atoms with Gasteiger partial charge in [-0.15, -0.1) is 22.0 Å². The van der Waals surface area contributed by atoms with Crippen LogP contribution in [0, 0.1) is 12.3 Å². The highest BCUT2D eigenvalue weighted by Crippen LogP contribution is 2.40. The zero-order chi connectivity index (χ0) is 19.2. The summed E-state index contributed by atoms with van der Waals surface area (Å²) in [6, 6.07) is -0.672. The maximum atomic E-state index is 12.7. The number of hydrogen-bond donors (Lipinski definition) is 1. The molecular weight excluding hydrogens is 360 g/mol. The number of rotatable bonds is 3. The van der Waals surface area contributed by atoms with Crippen LogP contribution in [-0.4, -0.2) is 60.1 Å². The van der Waals surface area contributed by atoms with E-state index in [9.17, 15) is 14.4 Å². The van der Waals surface area contributed by atoms with E-state index in [1.807, 2.05) is 0 Å². The van der Waals surface area contributed by atoms with E-state index in [-0.39, 0.29) is 23.5 Å². The molecule has 2 aliphatic rings. The predicted octanol–water partition coefficient (Wildman–Crippen LogP) is -0.406. The minimum atomic E-state index is -0.859. The van der Waals surface area contributed by atoms with E-state index in [2.05, 4.69) is 15.4 Å². The van der Waals surface area contributed by atoms with Crippen LogP contribution in [0.5, 0.6) is 0 Å². The third-order valence-electron chi connectivity index (χ3n) is 3.96. The summed E-state index contributed by atoms with van der Waals surface area (Å²) in [7, 11) is 0. The summed E-state index contributed by atoms with van der Waals surface area (Å²) in [4.78, 5) is 39.6. The SMILES string of the molecule is Cc1nnn(CC2=C(C(=O)OC(=O)C(C)(C)C)N3C(=O)[C@@H](N)[C@H]3SC2)n1. The summed E-state index contributed by atoms with van der Waals surface area (Å²) in [5.74, 6) is -0.978. The normalized spacial score (nSPS) is 22.8. The third kappa shape index (κ3) is 3.23. The molecule has 0 unspecified atom stereocenters. The van der Waals surface area contributed by atoms with Gasteiger partial charge in [-0.2, -0.15) is 4.80 Å². The standard InChI is InChI=1S/C15H20N6O4S/c1-7-17-19-20(18-7)5-8-6-26-12-9(16)11(22)21(12)10(8)13(23)25-14(24)15(2,3)4/h9,12H,5-6,16H2,1-4H3/t9-,12-/m1/s1. The molecule has 3 heterocycles. The molecule has 11 heteroatoms. The summed E-state index contributed by atoms with van der Waals surface area (Å²) in [5.41, 5.74) is 5.60. The largest absolute Gasteiger partial charge is 0.388 e. The molecule has 2 aliphatic heterocycles. The molecule has 0 saturated carbocycles. The number of aromatic nitrogens is 4. The average Bonchev–Trinajstić information content (AvgIpc) is 2.97. The molecule has 2 atom stereocenters. The number of thioether (sulfide) groups is 1. The van der Waals surface area contributed by atoms with Gasteiger partial charge in [0.2, 0.25) is 5.91 Å². The van der Waals surface area contributed by atoms with Crippen LogP contribution in [0.2, 0.25) is 0 Å². The van der Waals surface area contributed by atoms with Crippen LogP contribution in [0.4, 0.5) is 0 Å². The van der Waals surface area contributed by atoms with Crippen LogP contribution < -0.4 is 5.73 Å². The van der Waals surface area contributed by atoms with Gasteiger partial charge in [0, 0.05) is 5.75 Å². The Morgan fingerprint density at radius 1 is 1.38 bits per heavy atom. The van der Waals surface area contributed by atoms with E-state index < -0.39 is 23.4 Å². The van der Waals surface area contributed by atoms with Crippen molar-refractivity contribution in [2.75, 3.05) is 5.75 Å². The molecule has 1 amide bonds. The summed E-state index contributed by atoms with van der Waals surface area (Å²) in [6.45, 7) is 6.78. The fourth-order valence-corrected chi connectivity index (χ4v) is 3.82. The van der Waals surface area contributed by atoms with Crippen molar-refractivity contribution in [2.24, 2.45) is 11.1 Å². The molecule has 3 rings (SSSR count). The highest BCUT2D eigenvalue weighted by Gasteiger charge is 2.52. The lowest BCUT2D eigenvalue weighted by molar-refractivity contribution is -0.166. The van der Waals surface area contributed by atoms with Crippen molar-refractivity contribution in [3.63, 3.8) is 0 Å². The van der Waals surface area contributed by atoms with E-state index in [4.69, 9.17) is 10.5 Å². The Hall–Kier alpha value is -2.27. The first-order valence-corrected chi connectivity index (χ1v) is 9.08. The number of ether oxygens (including phenoxy) is 1. The Morgan fingerprint density at radius 3 is 2.65 bits per heavy atom. The maximum absolute atomic E-state index is 12.7. The van der Waals surface area contributed by atoms with Crippen molar-refractivity contribution in [1.29, 1.82) is 0 Å². The van der Waals surface area contributed by atoms with Crippen LogP contribution in [0.15, 0.2) is 11.3 Å². The Balaban J connectivity index is 1.93. The van der Waals surface area contributed by atoms with Gasteiger partial charge in [-0.25, -0.2) is 4.79 Å². The minimum absolute atomic E-state index is 0.0491. The Morgan fingerprint density at radius 2 is 2.08 bits per heavy atom. The van der Waals surface area contributed by atoms with Gasteiger partial charge in [0.25, 0.3) is 0 Å². The molecule has 1 aromatic rings. The number of carbonyl (C=O) groups excluding carboxylic acids is 3. The van der Waals surface area contributed by atoms with Gasteiger partial charge < -0.3 is 10.5 Å². The fourth-order valence-electron chi connectivity index (χ4n) is 2.54. The highest BCUT2D eigenvalue weighted by molar-refractivity contribution is 8.00. The molecular formula is C15H20N6O4S. The predicted molar refractivity (Wildman–Crippen MR) is 91.2 cm³/mol. The van der Waals surface area contributed by atoms with Crippen LogP contribution in [0.25, 0.3) is 0 Å². The number of amides is 1. The zero-order valence-electron chi connectivity index (χ0n) is 14.9. The molecule has 0 radical (unpaired) electrons. The molecule has 0 bridgehead atoms. The fraction of sp³-hybridized carbons (Fsp3) is 0.600. The molecule has 10 nitrogen and oxygen atoms in total. The first-order valence-electron chi connectivity index (χ1n) is 8.03. The number of nitrogens with zero attached hydrogens (tertiary/aromatic N) is 5. The van der Waals surface area contributed by atoms with Gasteiger partial charge in [0.1, 0.15) is 17.1 Å². The van der Waals surface area contributed by atoms with Crippen LogP contribution in [-0.2, 0) is 25.7 Å². The van der Waals surface area contributed by atoms with Gasteiger partial charge >= 0.3 is 11.9 Å². The van der Waals surface area contributed by atoms with Crippen molar-refractivity contribution in [3.05, 3.63) is 17.1 Å². The van der Waals surface area contributed by atoms with Crippen LogP contribution in [0.3, 0.4) is 0 Å². The molecule has 1 aromatic heterocycles. The first-order chi connectivity index (χ1) is 12.1. The summed E-state index contributed by atoms with van der Waals surface area (Å²) >= 11 is 1.44. The number of esters is 2. The molecule has 0 aliphatic carbocycles. The number of hydrogen-bond acceptors (Lipinski definition) is 9. The van der Waals surface area contributed by atoms with Crippen LogP contribution >= 0.6 is 11.8 Å². The van der Waals surface area contributed by atoms with Gasteiger partial charge in [-0.3, -0.25) is 14.5 Å². The second-order valence-electron chi connectivity index (χ2n) is 7.18. The molecule has 2 N–H and O–H groups in total. The molecule has 140 valence electrons. The molecule has 1 fully saturated rings. The number of β-lactam (4-membered cyclic amide) rings is 1. The number of carbonyl (C=O) groups is 3. The summed E-state index contributed by atoms with van der Waals surface area (Å²) in [5, 5.41) is 11.4. The Bertz CT molecular complexity index is 811. The monoisotopic (exact) mass is 380 g/mol. The van der Waals surface area contributed by atoms with Gasteiger partial charge in [0.15, 0.2) is 5.82 Å². The first kappa shape index (κ1) is 18.5. The average molecular weight is 380 g/mol. The van der Waals surface area contributed by atoms with Gasteiger partial charge in [-0.1, -0.05) is 0 Å². The van der Waals surface area contributed by atoms with Gasteiger partial charge in [0.05, 0.1) is 12.0 Å². The molecule has 0 spiro atoms. The maximum Gasteiger partial charge on any atom is 0.362 e. The van der Waals surface area contributed by atoms with E-state index in [1.54, 1.807) is 27.7 Å². The summed E-state index contributed by atoms with van der Waals surface area (Å²) in [6.07, 6.45) is 0. The minimum Gasteiger partial charge on any atom is -0.388 e. The third-order valence-corrected chi connectivity index (χ3v) is 5.33. The van der Waals surface area contributed by atoms with Crippen LogP contribution in [0.1, 0.15) is 26.6 Å². The highest BCUT2D eigenvalue weighted by atomic mass is 32.2. The van der Waals surface area contributed by atoms with E-state index in [1.165, 1.54) is 21.5 Å². The van der Waals surface area contributed by atoms with Crippen molar-refractivity contribution in [3.8, 4) is 0 Å². The van der Waals surface area contributed by atoms with E-state index in [0.717, 1.165) is 0 Å². The van der Waals surface area contributed by atoms with E-state index >= 15 is 0 Å². The number of aryl methyl sites for hydroxylation is 1. The second-order valence-corrected chi connectivity index (χ2v) is 8.29. The van der Waals surface area contributed by atoms with Crippen molar-refractivity contribution < 1.29 is 19.1 Å². The topological polar surface area (TPSA) is 133 Å². The quantitative estimate of drug-likeness (QED) is 0.422.